The number of amides is 1. The standard InChI is InChI=1S/C20H17ClF3N3O/c1-12-11-27(9-7-14(12)18(25)13-4-3-8-26-10-13)19(28)15-5-2-6-16(17(15)21)20(22,23)24/h2-6,8,10,25H,7,9,11H2,1H3. The lowest BCUT2D eigenvalue weighted by atomic mass is 9.93. The molecule has 2 heterocycles. The van der Waals surface area contributed by atoms with Crippen molar-refractivity contribution in [2.24, 2.45) is 0 Å². The molecule has 1 aromatic heterocycles. The maximum absolute atomic E-state index is 13.1. The predicted molar refractivity (Wildman–Crippen MR) is 101 cm³/mol. The monoisotopic (exact) mass is 407 g/mol. The van der Waals surface area contributed by atoms with Gasteiger partial charge in [-0.15, -0.1) is 0 Å². The first-order chi connectivity index (χ1) is 13.2. The minimum Gasteiger partial charge on any atom is -0.334 e. The van der Waals surface area contributed by atoms with Gasteiger partial charge in [-0.25, -0.2) is 0 Å². The molecule has 8 heteroatoms. The zero-order valence-electron chi connectivity index (χ0n) is 15.0. The molecule has 1 N–H and O–H groups in total. The third-order valence-corrected chi connectivity index (χ3v) is 5.06. The SMILES string of the molecule is CC1=C(C(=N)c2cccnc2)CCN(C(=O)c2cccc(C(F)(F)F)c2Cl)C1. The first-order valence-corrected chi connectivity index (χ1v) is 8.91. The van der Waals surface area contributed by atoms with Crippen molar-refractivity contribution in [1.29, 1.82) is 5.41 Å². The highest BCUT2D eigenvalue weighted by molar-refractivity contribution is 6.34. The Morgan fingerprint density at radius 3 is 2.61 bits per heavy atom. The molecule has 28 heavy (non-hydrogen) atoms. The molecule has 1 amide bonds. The van der Waals surface area contributed by atoms with Gasteiger partial charge in [-0.1, -0.05) is 17.7 Å². The smallest absolute Gasteiger partial charge is 0.334 e. The summed E-state index contributed by atoms with van der Waals surface area (Å²) in [6.45, 7) is 2.33. The highest BCUT2D eigenvalue weighted by Gasteiger charge is 2.35. The Bertz CT molecular complexity index is 955. The lowest BCUT2D eigenvalue weighted by Crippen LogP contribution is -2.38. The van der Waals surface area contributed by atoms with Crippen molar-refractivity contribution in [2.75, 3.05) is 13.1 Å². The van der Waals surface area contributed by atoms with Crippen LogP contribution in [0.4, 0.5) is 13.2 Å². The maximum atomic E-state index is 13.1. The summed E-state index contributed by atoms with van der Waals surface area (Å²) in [5, 5.41) is 7.79. The fourth-order valence-corrected chi connectivity index (χ4v) is 3.52. The van der Waals surface area contributed by atoms with Crippen LogP contribution in [0, 0.1) is 5.41 Å². The molecule has 0 unspecified atom stereocenters. The molecule has 0 spiro atoms. The van der Waals surface area contributed by atoms with Crippen LogP contribution in [0.1, 0.15) is 34.8 Å². The topological polar surface area (TPSA) is 57.1 Å². The van der Waals surface area contributed by atoms with Crippen LogP contribution in [0.3, 0.4) is 0 Å². The second-order valence-corrected chi connectivity index (χ2v) is 6.90. The van der Waals surface area contributed by atoms with Crippen LogP contribution in [-0.2, 0) is 6.18 Å². The molecule has 0 saturated heterocycles. The Morgan fingerprint density at radius 1 is 1.25 bits per heavy atom. The Morgan fingerprint density at radius 2 is 2.00 bits per heavy atom. The van der Waals surface area contributed by atoms with Gasteiger partial charge >= 0.3 is 6.18 Å². The molecule has 3 rings (SSSR count). The summed E-state index contributed by atoms with van der Waals surface area (Å²) in [6.07, 6.45) is -0.973. The van der Waals surface area contributed by atoms with Gasteiger partial charge in [0, 0.05) is 31.0 Å². The van der Waals surface area contributed by atoms with Gasteiger partial charge < -0.3 is 4.90 Å². The Kier molecular flexibility index (Phi) is 5.56. The van der Waals surface area contributed by atoms with E-state index in [2.05, 4.69) is 4.98 Å². The lowest BCUT2D eigenvalue weighted by molar-refractivity contribution is -0.137. The zero-order valence-corrected chi connectivity index (χ0v) is 15.7. The molecule has 0 saturated carbocycles. The summed E-state index contributed by atoms with van der Waals surface area (Å²) in [5.74, 6) is -0.553. The average molecular weight is 408 g/mol. The second-order valence-electron chi connectivity index (χ2n) is 6.52. The molecule has 1 aliphatic rings. The van der Waals surface area contributed by atoms with Crippen molar-refractivity contribution in [1.82, 2.24) is 9.88 Å². The van der Waals surface area contributed by atoms with Gasteiger partial charge in [-0.3, -0.25) is 15.2 Å². The van der Waals surface area contributed by atoms with Crippen LogP contribution in [0.15, 0.2) is 53.9 Å². The molecule has 0 radical (unpaired) electrons. The predicted octanol–water partition coefficient (Wildman–Crippen LogP) is 4.98. The largest absolute Gasteiger partial charge is 0.417 e. The minimum absolute atomic E-state index is 0.171. The number of aromatic nitrogens is 1. The van der Waals surface area contributed by atoms with Gasteiger partial charge in [0.15, 0.2) is 0 Å². The van der Waals surface area contributed by atoms with Crippen molar-refractivity contribution in [2.45, 2.75) is 19.5 Å². The van der Waals surface area contributed by atoms with E-state index in [-0.39, 0.29) is 12.1 Å². The summed E-state index contributed by atoms with van der Waals surface area (Å²) in [7, 11) is 0. The van der Waals surface area contributed by atoms with Gasteiger partial charge in [-0.05, 0) is 48.8 Å². The first kappa shape index (κ1) is 20.1. The maximum Gasteiger partial charge on any atom is 0.417 e. The summed E-state index contributed by atoms with van der Waals surface area (Å²) in [4.78, 5) is 18.2. The number of nitrogens with one attached hydrogen (secondary N) is 1. The number of hydrogen-bond acceptors (Lipinski definition) is 3. The second kappa shape index (κ2) is 7.75. The number of carbonyl (C=O) groups is 1. The van der Waals surface area contributed by atoms with E-state index in [4.69, 9.17) is 17.0 Å². The Balaban J connectivity index is 1.84. The van der Waals surface area contributed by atoms with E-state index in [1.807, 2.05) is 6.92 Å². The number of halogens is 4. The summed E-state index contributed by atoms with van der Waals surface area (Å²) in [5.41, 5.74) is 1.45. The number of nitrogens with zero attached hydrogens (tertiary/aromatic N) is 2. The van der Waals surface area contributed by atoms with Gasteiger partial charge in [-0.2, -0.15) is 13.2 Å². The quantitative estimate of drug-likeness (QED) is 0.729. The highest BCUT2D eigenvalue weighted by Crippen LogP contribution is 2.37. The fraction of sp³-hybridized carbons (Fsp3) is 0.250. The van der Waals surface area contributed by atoms with Crippen LogP contribution >= 0.6 is 11.6 Å². The molecule has 4 nitrogen and oxygen atoms in total. The molecule has 1 aliphatic heterocycles. The molecular formula is C20H17ClF3N3O. The van der Waals surface area contributed by atoms with E-state index in [0.717, 1.165) is 17.2 Å². The normalized spacial score (nSPS) is 15.0. The molecule has 2 aromatic rings. The molecule has 0 aliphatic carbocycles. The number of hydrogen-bond donors (Lipinski definition) is 1. The molecule has 0 bridgehead atoms. The van der Waals surface area contributed by atoms with Crippen molar-refractivity contribution in [3.05, 3.63) is 75.6 Å². The van der Waals surface area contributed by atoms with Gasteiger partial charge in [0.25, 0.3) is 5.91 Å². The number of carbonyl (C=O) groups excluding carboxylic acids is 1. The summed E-state index contributed by atoms with van der Waals surface area (Å²) >= 11 is 5.88. The number of benzene rings is 1. The van der Waals surface area contributed by atoms with Crippen LogP contribution in [0.5, 0.6) is 0 Å². The molecule has 146 valence electrons. The third-order valence-electron chi connectivity index (χ3n) is 4.65. The molecule has 0 fully saturated rings. The Labute approximate surface area is 165 Å². The number of alkyl halides is 3. The minimum atomic E-state index is -4.63. The summed E-state index contributed by atoms with van der Waals surface area (Å²) < 4.78 is 39.2. The fourth-order valence-electron chi connectivity index (χ4n) is 3.20. The molecule has 1 aromatic carbocycles. The van der Waals surface area contributed by atoms with Crippen LogP contribution in [-0.4, -0.2) is 34.6 Å². The highest BCUT2D eigenvalue weighted by atomic mass is 35.5. The first-order valence-electron chi connectivity index (χ1n) is 8.53. The van der Waals surface area contributed by atoms with E-state index < -0.39 is 22.7 Å². The van der Waals surface area contributed by atoms with Crippen LogP contribution in [0.25, 0.3) is 0 Å². The van der Waals surface area contributed by atoms with E-state index in [9.17, 15) is 18.0 Å². The summed E-state index contributed by atoms with van der Waals surface area (Å²) in [6, 6.07) is 6.86. The molecular weight excluding hydrogens is 391 g/mol. The lowest BCUT2D eigenvalue weighted by Gasteiger charge is -2.30. The number of rotatable bonds is 3. The van der Waals surface area contributed by atoms with Crippen molar-refractivity contribution in [3.63, 3.8) is 0 Å². The van der Waals surface area contributed by atoms with Crippen molar-refractivity contribution in [3.8, 4) is 0 Å². The zero-order chi connectivity index (χ0) is 20.5. The van der Waals surface area contributed by atoms with Crippen molar-refractivity contribution < 1.29 is 18.0 Å². The van der Waals surface area contributed by atoms with E-state index in [1.54, 1.807) is 24.5 Å². The van der Waals surface area contributed by atoms with E-state index in [1.165, 1.54) is 17.0 Å². The van der Waals surface area contributed by atoms with E-state index in [0.29, 0.717) is 24.2 Å². The van der Waals surface area contributed by atoms with Gasteiger partial charge in [0.1, 0.15) is 0 Å². The number of pyridine rings is 1. The molecule has 0 atom stereocenters. The third kappa shape index (κ3) is 3.94. The van der Waals surface area contributed by atoms with Crippen LogP contribution in [0.2, 0.25) is 5.02 Å². The van der Waals surface area contributed by atoms with Gasteiger partial charge in [0.05, 0.1) is 21.9 Å². The van der Waals surface area contributed by atoms with E-state index >= 15 is 0 Å². The van der Waals surface area contributed by atoms with Gasteiger partial charge in [0.2, 0.25) is 0 Å². The Hall–Kier alpha value is -2.67. The van der Waals surface area contributed by atoms with Crippen LogP contribution < -0.4 is 0 Å². The average Bonchev–Trinajstić information content (AvgIpc) is 2.67. The van der Waals surface area contributed by atoms with Crippen molar-refractivity contribution >= 4 is 23.2 Å².